The summed E-state index contributed by atoms with van der Waals surface area (Å²) in [6, 6.07) is 12.4. The van der Waals surface area contributed by atoms with Crippen molar-refractivity contribution in [2.75, 3.05) is 25.9 Å². The zero-order valence-electron chi connectivity index (χ0n) is 18.0. The van der Waals surface area contributed by atoms with Crippen LogP contribution in [0.4, 0.5) is 0 Å². The van der Waals surface area contributed by atoms with Gasteiger partial charge in [0.2, 0.25) is 0 Å². The highest BCUT2D eigenvalue weighted by Gasteiger charge is 2.09. The molecule has 11 heteroatoms. The molecular weight excluding hydrogens is 543 g/mol. The van der Waals surface area contributed by atoms with Gasteiger partial charge in [-0.3, -0.25) is 9.98 Å². The number of sulfone groups is 1. The maximum absolute atomic E-state index is 11.5. The minimum absolute atomic E-state index is 0. The van der Waals surface area contributed by atoms with Crippen LogP contribution in [0.15, 0.2) is 63.1 Å². The van der Waals surface area contributed by atoms with Crippen LogP contribution in [0.25, 0.3) is 11.6 Å². The Morgan fingerprint density at radius 1 is 1.09 bits per heavy atom. The molecule has 0 amide bonds. The maximum atomic E-state index is 11.5. The van der Waals surface area contributed by atoms with E-state index in [0.29, 0.717) is 47.8 Å². The number of rotatable bonds is 9. The molecule has 2 aromatic heterocycles. The molecule has 0 aliphatic heterocycles. The van der Waals surface area contributed by atoms with Crippen molar-refractivity contribution in [3.8, 4) is 11.6 Å². The van der Waals surface area contributed by atoms with Crippen LogP contribution < -0.4 is 10.6 Å². The van der Waals surface area contributed by atoms with Gasteiger partial charge in [-0.15, -0.1) is 24.0 Å². The van der Waals surface area contributed by atoms with Crippen molar-refractivity contribution >= 4 is 39.8 Å². The van der Waals surface area contributed by atoms with E-state index < -0.39 is 9.84 Å². The minimum atomic E-state index is -3.17. The molecule has 0 bridgehead atoms. The average molecular weight is 570 g/mol. The lowest BCUT2D eigenvalue weighted by Gasteiger charge is -2.11. The molecule has 1 aromatic carbocycles. The highest BCUT2D eigenvalue weighted by molar-refractivity contribution is 14.0. The Labute approximate surface area is 205 Å². The first kappa shape index (κ1) is 25.7. The molecule has 0 radical (unpaired) electrons. The van der Waals surface area contributed by atoms with Crippen LogP contribution in [0.3, 0.4) is 0 Å². The van der Waals surface area contributed by atoms with Gasteiger partial charge in [-0.2, -0.15) is 4.98 Å². The number of nitrogens with zero attached hydrogens (tertiary/aromatic N) is 4. The number of aromatic nitrogens is 3. The van der Waals surface area contributed by atoms with E-state index in [2.05, 4.69) is 30.8 Å². The lowest BCUT2D eigenvalue weighted by atomic mass is 10.1. The maximum Gasteiger partial charge on any atom is 0.276 e. The molecule has 0 aliphatic carbocycles. The second kappa shape index (κ2) is 12.5. The fourth-order valence-corrected chi connectivity index (χ4v) is 3.42. The van der Waals surface area contributed by atoms with E-state index in [-0.39, 0.29) is 24.0 Å². The zero-order chi connectivity index (χ0) is 22.1. The lowest BCUT2D eigenvalue weighted by molar-refractivity contribution is 0.421. The average Bonchev–Trinajstić information content (AvgIpc) is 3.23. The van der Waals surface area contributed by atoms with Crippen molar-refractivity contribution in [3.05, 3.63) is 60.0 Å². The SMILES string of the molecule is CCNC(=NCCc1noc(-c2ccccn2)n1)NCCc1ccc(S(C)(=O)=O)cc1.I. The smallest absolute Gasteiger partial charge is 0.276 e. The largest absolute Gasteiger partial charge is 0.357 e. The minimum Gasteiger partial charge on any atom is -0.357 e. The van der Waals surface area contributed by atoms with Crippen molar-refractivity contribution < 1.29 is 12.9 Å². The quantitative estimate of drug-likeness (QED) is 0.229. The number of guanidine groups is 1. The second-order valence-electron chi connectivity index (χ2n) is 6.83. The molecule has 3 aromatic rings. The third-order valence-electron chi connectivity index (χ3n) is 4.36. The summed E-state index contributed by atoms with van der Waals surface area (Å²) >= 11 is 0. The Balaban J connectivity index is 0.00000363. The predicted octanol–water partition coefficient (Wildman–Crippen LogP) is 2.49. The van der Waals surface area contributed by atoms with Crippen LogP contribution in [-0.4, -0.2) is 55.4 Å². The summed E-state index contributed by atoms with van der Waals surface area (Å²) in [5.74, 6) is 1.67. The molecule has 172 valence electrons. The van der Waals surface area contributed by atoms with Gasteiger partial charge < -0.3 is 15.2 Å². The zero-order valence-corrected chi connectivity index (χ0v) is 21.1. The molecule has 0 spiro atoms. The van der Waals surface area contributed by atoms with Gasteiger partial charge in [-0.05, 0) is 43.2 Å². The Bertz CT molecular complexity index is 1100. The summed E-state index contributed by atoms with van der Waals surface area (Å²) in [4.78, 5) is 13.4. The van der Waals surface area contributed by atoms with Crippen molar-refractivity contribution in [1.82, 2.24) is 25.8 Å². The van der Waals surface area contributed by atoms with Gasteiger partial charge in [0, 0.05) is 38.5 Å². The van der Waals surface area contributed by atoms with Crippen molar-refractivity contribution in [2.45, 2.75) is 24.7 Å². The fraction of sp³-hybridized carbons (Fsp3) is 0.333. The van der Waals surface area contributed by atoms with E-state index in [1.807, 2.05) is 37.3 Å². The molecule has 0 saturated carbocycles. The van der Waals surface area contributed by atoms with Gasteiger partial charge in [0.25, 0.3) is 5.89 Å². The molecule has 0 fully saturated rings. The van der Waals surface area contributed by atoms with Gasteiger partial charge in [-0.1, -0.05) is 23.4 Å². The van der Waals surface area contributed by atoms with E-state index >= 15 is 0 Å². The molecule has 0 atom stereocenters. The molecule has 0 aliphatic rings. The van der Waals surface area contributed by atoms with E-state index in [1.165, 1.54) is 6.26 Å². The Kier molecular flexibility index (Phi) is 10.0. The molecule has 3 rings (SSSR count). The highest BCUT2D eigenvalue weighted by Crippen LogP contribution is 2.13. The van der Waals surface area contributed by atoms with Crippen LogP contribution >= 0.6 is 24.0 Å². The standard InChI is InChI=1S/C21H26N6O3S.HI/c1-3-22-21(24-14-11-16-7-9-17(10-8-16)31(2,28)29)25-15-12-19-26-20(30-27-19)18-6-4-5-13-23-18;/h4-10,13H,3,11-12,14-15H2,1-2H3,(H2,22,24,25);1H. The van der Waals surface area contributed by atoms with Crippen molar-refractivity contribution in [3.63, 3.8) is 0 Å². The van der Waals surface area contributed by atoms with Gasteiger partial charge in [0.1, 0.15) is 5.69 Å². The van der Waals surface area contributed by atoms with Gasteiger partial charge >= 0.3 is 0 Å². The number of hydrogen-bond donors (Lipinski definition) is 2. The van der Waals surface area contributed by atoms with E-state index in [4.69, 9.17) is 4.52 Å². The van der Waals surface area contributed by atoms with E-state index in [1.54, 1.807) is 18.3 Å². The first-order valence-electron chi connectivity index (χ1n) is 10.0. The van der Waals surface area contributed by atoms with E-state index in [9.17, 15) is 8.42 Å². The summed E-state index contributed by atoms with van der Waals surface area (Å²) in [7, 11) is -3.17. The van der Waals surface area contributed by atoms with Crippen molar-refractivity contribution in [2.24, 2.45) is 4.99 Å². The molecule has 0 saturated heterocycles. The summed E-state index contributed by atoms with van der Waals surface area (Å²) < 4.78 is 28.3. The number of aliphatic imine (C=N–C) groups is 1. The van der Waals surface area contributed by atoms with Crippen LogP contribution in [0, 0.1) is 0 Å². The van der Waals surface area contributed by atoms with E-state index in [0.717, 1.165) is 18.5 Å². The molecular formula is C21H27IN6O3S. The lowest BCUT2D eigenvalue weighted by Crippen LogP contribution is -2.38. The number of nitrogens with one attached hydrogen (secondary N) is 2. The topological polar surface area (TPSA) is 122 Å². The summed E-state index contributed by atoms with van der Waals surface area (Å²) in [5.41, 5.74) is 1.69. The summed E-state index contributed by atoms with van der Waals surface area (Å²) in [5, 5.41) is 10.5. The van der Waals surface area contributed by atoms with Crippen LogP contribution in [0.5, 0.6) is 0 Å². The monoisotopic (exact) mass is 570 g/mol. The summed E-state index contributed by atoms with van der Waals surface area (Å²) in [6.45, 7) is 3.90. The highest BCUT2D eigenvalue weighted by atomic mass is 127. The van der Waals surface area contributed by atoms with Crippen molar-refractivity contribution in [1.29, 1.82) is 0 Å². The third-order valence-corrected chi connectivity index (χ3v) is 5.49. The first-order valence-corrected chi connectivity index (χ1v) is 11.9. The van der Waals surface area contributed by atoms with Gasteiger partial charge in [0.15, 0.2) is 21.6 Å². The number of hydrogen-bond acceptors (Lipinski definition) is 7. The first-order chi connectivity index (χ1) is 15.0. The Hall–Kier alpha value is -2.54. The molecule has 2 N–H and O–H groups in total. The third kappa shape index (κ3) is 7.86. The van der Waals surface area contributed by atoms with Crippen LogP contribution in [0.1, 0.15) is 18.3 Å². The predicted molar refractivity (Wildman–Crippen MR) is 134 cm³/mol. The second-order valence-corrected chi connectivity index (χ2v) is 8.85. The molecule has 32 heavy (non-hydrogen) atoms. The molecule has 2 heterocycles. The Morgan fingerprint density at radius 2 is 1.88 bits per heavy atom. The molecule has 9 nitrogen and oxygen atoms in total. The summed E-state index contributed by atoms with van der Waals surface area (Å²) in [6.07, 6.45) is 4.17. The van der Waals surface area contributed by atoms with Gasteiger partial charge in [0.05, 0.1) is 4.90 Å². The normalized spacial score (nSPS) is 11.6. The Morgan fingerprint density at radius 3 is 2.53 bits per heavy atom. The fourth-order valence-electron chi connectivity index (χ4n) is 2.79. The number of pyridine rings is 1. The van der Waals surface area contributed by atoms with Gasteiger partial charge in [-0.25, -0.2) is 8.42 Å². The number of halogens is 1. The van der Waals surface area contributed by atoms with Crippen LogP contribution in [0.2, 0.25) is 0 Å². The molecule has 0 unspecified atom stereocenters. The van der Waals surface area contributed by atoms with Crippen LogP contribution in [-0.2, 0) is 22.7 Å². The number of benzene rings is 1.